The highest BCUT2D eigenvalue weighted by atomic mass is 16.4. The Balaban J connectivity index is 1.15. The molecule has 0 bridgehead atoms. The quantitative estimate of drug-likeness (QED) is 0.640. The average Bonchev–Trinajstić information content (AvgIpc) is 3.10. The molecular formula is C27H44N4O2. The number of aliphatic carboxylic acids is 1. The normalized spacial score (nSPS) is 35.3. The molecular weight excluding hydrogens is 412 g/mol. The molecule has 0 radical (unpaired) electrons. The Kier molecular flexibility index (Phi) is 6.36. The first-order chi connectivity index (χ1) is 15.8. The summed E-state index contributed by atoms with van der Waals surface area (Å²) in [5, 5.41) is 14.9. The van der Waals surface area contributed by atoms with Gasteiger partial charge in [0, 0.05) is 44.3 Å². The first-order valence-electron chi connectivity index (χ1n) is 13.6. The fourth-order valence-corrected chi connectivity index (χ4v) is 7.64. The fraction of sp³-hybridized carbons (Fsp3) is 0.852. The maximum absolute atomic E-state index is 12.2. The minimum atomic E-state index is -0.541. The van der Waals surface area contributed by atoms with Crippen LogP contribution in [-0.2, 0) is 17.8 Å². The Labute approximate surface area is 199 Å². The lowest BCUT2D eigenvalue weighted by molar-refractivity contribution is -0.150. The smallest absolute Gasteiger partial charge is 0.310 e. The number of aryl methyl sites for hydroxylation is 2. The van der Waals surface area contributed by atoms with E-state index in [0.29, 0.717) is 29.6 Å². The van der Waals surface area contributed by atoms with Gasteiger partial charge in [-0.1, -0.05) is 13.8 Å². The van der Waals surface area contributed by atoms with E-state index in [1.54, 1.807) is 0 Å². The highest BCUT2D eigenvalue weighted by Gasteiger charge is 2.58. The van der Waals surface area contributed by atoms with Crippen molar-refractivity contribution in [3.8, 4) is 0 Å². The lowest BCUT2D eigenvalue weighted by Crippen LogP contribution is -2.42. The molecule has 0 spiro atoms. The van der Waals surface area contributed by atoms with Crippen molar-refractivity contribution in [1.82, 2.24) is 19.6 Å². The Morgan fingerprint density at radius 2 is 1.82 bits per heavy atom. The van der Waals surface area contributed by atoms with Crippen LogP contribution < -0.4 is 0 Å². The second-order valence-electron chi connectivity index (χ2n) is 11.9. The Morgan fingerprint density at radius 3 is 2.42 bits per heavy atom. The van der Waals surface area contributed by atoms with Crippen molar-refractivity contribution < 1.29 is 9.90 Å². The first kappa shape index (κ1) is 23.3. The number of hydrogen-bond acceptors (Lipinski definition) is 4. The van der Waals surface area contributed by atoms with Gasteiger partial charge in [0.2, 0.25) is 0 Å². The number of fused-ring (bicyclic) bond motifs is 1. The third-order valence-corrected chi connectivity index (χ3v) is 9.64. The van der Waals surface area contributed by atoms with Gasteiger partial charge in [-0.25, -0.2) is 0 Å². The summed E-state index contributed by atoms with van der Waals surface area (Å²) >= 11 is 0. The van der Waals surface area contributed by atoms with Crippen LogP contribution in [0.5, 0.6) is 0 Å². The molecule has 6 heteroatoms. The molecule has 33 heavy (non-hydrogen) atoms. The summed E-state index contributed by atoms with van der Waals surface area (Å²) in [5.41, 5.74) is 3.73. The predicted molar refractivity (Wildman–Crippen MR) is 130 cm³/mol. The third kappa shape index (κ3) is 4.38. The largest absolute Gasteiger partial charge is 0.481 e. The van der Waals surface area contributed by atoms with E-state index in [-0.39, 0.29) is 0 Å². The van der Waals surface area contributed by atoms with E-state index in [4.69, 9.17) is 5.10 Å². The Bertz CT molecular complexity index is 862. The number of rotatable bonds is 8. The van der Waals surface area contributed by atoms with Crippen LogP contribution in [0.1, 0.15) is 75.7 Å². The average molecular weight is 457 g/mol. The van der Waals surface area contributed by atoms with Crippen molar-refractivity contribution >= 4 is 5.97 Å². The zero-order valence-corrected chi connectivity index (χ0v) is 21.2. The Morgan fingerprint density at radius 1 is 1.12 bits per heavy atom. The van der Waals surface area contributed by atoms with Crippen LogP contribution in [0.25, 0.3) is 0 Å². The van der Waals surface area contributed by atoms with E-state index in [0.717, 1.165) is 45.4 Å². The van der Waals surface area contributed by atoms with Gasteiger partial charge in [-0.3, -0.25) is 9.48 Å². The fourth-order valence-electron chi connectivity index (χ4n) is 7.64. The molecule has 2 saturated carbocycles. The SMILES string of the molecule is CCc1nn(CC)c(C2CCN(C[C@H]3CN(CC4(C(=O)O)C[C@H]5C[C@H]5C4)CC3C)CC2)c1C. The molecule has 2 aliphatic heterocycles. The Hall–Kier alpha value is -1.40. The van der Waals surface area contributed by atoms with E-state index in [9.17, 15) is 9.90 Å². The molecule has 1 aromatic heterocycles. The summed E-state index contributed by atoms with van der Waals surface area (Å²) in [4.78, 5) is 17.3. The summed E-state index contributed by atoms with van der Waals surface area (Å²) in [6, 6.07) is 0. The maximum atomic E-state index is 12.2. The molecule has 2 aliphatic carbocycles. The number of likely N-dealkylation sites (tertiary alicyclic amines) is 2. The van der Waals surface area contributed by atoms with Crippen LogP contribution in [0.2, 0.25) is 0 Å². The van der Waals surface area contributed by atoms with Gasteiger partial charge in [0.15, 0.2) is 0 Å². The van der Waals surface area contributed by atoms with Gasteiger partial charge in [-0.2, -0.15) is 5.10 Å². The van der Waals surface area contributed by atoms with Gasteiger partial charge < -0.3 is 14.9 Å². The van der Waals surface area contributed by atoms with Crippen molar-refractivity contribution in [1.29, 1.82) is 0 Å². The van der Waals surface area contributed by atoms with Crippen molar-refractivity contribution in [2.75, 3.05) is 39.3 Å². The zero-order chi connectivity index (χ0) is 23.3. The topological polar surface area (TPSA) is 61.6 Å². The summed E-state index contributed by atoms with van der Waals surface area (Å²) in [6.45, 7) is 16.5. The number of carbonyl (C=O) groups is 1. The standard InChI is InChI=1S/C27H44N4O2/c1-5-24-19(4)25(31(6-2)28-24)20-7-9-29(10-8-20)15-23-16-30(14-18(23)3)17-27(26(32)33)12-21-11-22(21)13-27/h18,20-23H,5-17H2,1-4H3,(H,32,33)/t18?,21-,22+,23-,27?/m0/s1. The van der Waals surface area contributed by atoms with E-state index >= 15 is 0 Å². The lowest BCUT2D eigenvalue weighted by atomic mass is 9.82. The number of piperidine rings is 1. The van der Waals surface area contributed by atoms with Crippen molar-refractivity contribution in [2.24, 2.45) is 29.1 Å². The molecule has 2 saturated heterocycles. The molecule has 4 fully saturated rings. The second-order valence-corrected chi connectivity index (χ2v) is 11.9. The summed E-state index contributed by atoms with van der Waals surface area (Å²) in [7, 11) is 0. The molecule has 4 aliphatic rings. The van der Waals surface area contributed by atoms with Crippen LogP contribution in [0.4, 0.5) is 0 Å². The molecule has 3 heterocycles. The molecule has 0 aromatic carbocycles. The summed E-state index contributed by atoms with van der Waals surface area (Å²) < 4.78 is 2.26. The molecule has 184 valence electrons. The van der Waals surface area contributed by atoms with Gasteiger partial charge in [0.05, 0.1) is 11.1 Å². The van der Waals surface area contributed by atoms with E-state index in [1.807, 2.05) is 0 Å². The van der Waals surface area contributed by atoms with Gasteiger partial charge in [-0.05, 0) is 94.7 Å². The van der Waals surface area contributed by atoms with Gasteiger partial charge in [0.1, 0.15) is 0 Å². The molecule has 6 nitrogen and oxygen atoms in total. The van der Waals surface area contributed by atoms with Crippen LogP contribution in [0.3, 0.4) is 0 Å². The van der Waals surface area contributed by atoms with Gasteiger partial charge in [0.25, 0.3) is 0 Å². The van der Waals surface area contributed by atoms with Crippen molar-refractivity contribution in [2.45, 2.75) is 78.7 Å². The van der Waals surface area contributed by atoms with E-state index < -0.39 is 11.4 Å². The molecule has 5 atom stereocenters. The number of carboxylic acid groups (broad SMARTS) is 1. The minimum absolute atomic E-state index is 0.460. The van der Waals surface area contributed by atoms with Gasteiger partial charge >= 0.3 is 5.97 Å². The van der Waals surface area contributed by atoms with E-state index in [2.05, 4.69) is 42.2 Å². The second kappa shape index (κ2) is 8.99. The van der Waals surface area contributed by atoms with Crippen LogP contribution >= 0.6 is 0 Å². The lowest BCUT2D eigenvalue weighted by Gasteiger charge is -2.35. The maximum Gasteiger partial charge on any atom is 0.310 e. The molecule has 2 unspecified atom stereocenters. The summed E-state index contributed by atoms with van der Waals surface area (Å²) in [5.74, 6) is 2.83. The number of nitrogens with zero attached hydrogens (tertiary/aromatic N) is 4. The third-order valence-electron chi connectivity index (χ3n) is 9.64. The zero-order valence-electron chi connectivity index (χ0n) is 21.2. The number of aromatic nitrogens is 2. The number of hydrogen-bond donors (Lipinski definition) is 1. The van der Waals surface area contributed by atoms with Crippen LogP contribution in [-0.4, -0.2) is 69.9 Å². The minimum Gasteiger partial charge on any atom is -0.481 e. The predicted octanol–water partition coefficient (Wildman–Crippen LogP) is 4.02. The molecule has 1 aromatic rings. The van der Waals surface area contributed by atoms with Crippen LogP contribution in [0, 0.1) is 36.0 Å². The van der Waals surface area contributed by atoms with Crippen molar-refractivity contribution in [3.05, 3.63) is 17.0 Å². The first-order valence-corrected chi connectivity index (χ1v) is 13.6. The molecule has 0 amide bonds. The highest BCUT2D eigenvalue weighted by Crippen LogP contribution is 2.60. The van der Waals surface area contributed by atoms with E-state index in [1.165, 1.54) is 55.8 Å². The monoisotopic (exact) mass is 456 g/mol. The van der Waals surface area contributed by atoms with Crippen LogP contribution in [0.15, 0.2) is 0 Å². The molecule has 5 rings (SSSR count). The van der Waals surface area contributed by atoms with Crippen molar-refractivity contribution in [3.63, 3.8) is 0 Å². The van der Waals surface area contributed by atoms with Gasteiger partial charge in [-0.15, -0.1) is 0 Å². The number of carboxylic acids is 1. The summed E-state index contributed by atoms with van der Waals surface area (Å²) in [6.07, 6.45) is 6.59. The highest BCUT2D eigenvalue weighted by molar-refractivity contribution is 5.76. The molecule has 1 N–H and O–H groups in total.